The van der Waals surface area contributed by atoms with E-state index in [1.807, 2.05) is 24.3 Å². The molecule has 8 nitrogen and oxygen atoms in total. The van der Waals surface area contributed by atoms with E-state index in [1.54, 1.807) is 31.2 Å². The molecule has 2 N–H and O–H groups in total. The van der Waals surface area contributed by atoms with Crippen molar-refractivity contribution in [2.24, 2.45) is 0 Å². The SMILES string of the molecule is CC(C(=O)Nc1ccc(NC(=O)C2(c3ccc(Br)cc3)CCOCC2)cc1)n1cncn1. The number of nitrogens with zero attached hydrogens (tertiary/aromatic N) is 3. The zero-order valence-corrected chi connectivity index (χ0v) is 19.2. The molecule has 1 saturated heterocycles. The third-order valence-electron chi connectivity index (χ3n) is 5.80. The van der Waals surface area contributed by atoms with Crippen LogP contribution in [-0.2, 0) is 19.7 Å². The van der Waals surface area contributed by atoms with Crippen LogP contribution in [0.25, 0.3) is 0 Å². The van der Waals surface area contributed by atoms with Crippen LogP contribution in [0.5, 0.6) is 0 Å². The molecule has 4 rings (SSSR count). The Morgan fingerprint density at radius 2 is 1.66 bits per heavy atom. The molecule has 2 heterocycles. The fourth-order valence-corrected chi connectivity index (χ4v) is 4.07. The van der Waals surface area contributed by atoms with E-state index in [9.17, 15) is 9.59 Å². The van der Waals surface area contributed by atoms with Gasteiger partial charge in [-0.2, -0.15) is 5.10 Å². The molecule has 1 aliphatic heterocycles. The smallest absolute Gasteiger partial charge is 0.249 e. The molecule has 1 fully saturated rings. The Bertz CT molecular complexity index is 1060. The van der Waals surface area contributed by atoms with Crippen LogP contribution in [0.4, 0.5) is 11.4 Å². The fourth-order valence-electron chi connectivity index (χ4n) is 3.81. The van der Waals surface area contributed by atoms with Crippen LogP contribution in [0.1, 0.15) is 31.4 Å². The number of carbonyl (C=O) groups excluding carboxylic acids is 2. The van der Waals surface area contributed by atoms with Crippen molar-refractivity contribution in [2.45, 2.75) is 31.2 Å². The van der Waals surface area contributed by atoms with Crippen LogP contribution in [-0.4, -0.2) is 39.8 Å². The number of benzene rings is 2. The Morgan fingerprint density at radius 3 is 2.25 bits per heavy atom. The molecular formula is C23H24BrN5O3. The van der Waals surface area contributed by atoms with Crippen molar-refractivity contribution in [2.75, 3.05) is 23.8 Å². The van der Waals surface area contributed by atoms with E-state index in [0.29, 0.717) is 37.4 Å². The van der Waals surface area contributed by atoms with E-state index in [0.717, 1.165) is 10.0 Å². The van der Waals surface area contributed by atoms with Gasteiger partial charge < -0.3 is 15.4 Å². The van der Waals surface area contributed by atoms with Gasteiger partial charge in [-0.05, 0) is 61.7 Å². The first kappa shape index (κ1) is 22.2. The van der Waals surface area contributed by atoms with Crippen molar-refractivity contribution in [1.82, 2.24) is 14.8 Å². The van der Waals surface area contributed by atoms with Crippen molar-refractivity contribution < 1.29 is 14.3 Å². The topological polar surface area (TPSA) is 98.1 Å². The molecule has 3 aromatic rings. The van der Waals surface area contributed by atoms with Crippen LogP contribution in [0, 0.1) is 0 Å². The average molecular weight is 498 g/mol. The lowest BCUT2D eigenvalue weighted by Crippen LogP contribution is -2.44. The Kier molecular flexibility index (Phi) is 6.66. The maximum Gasteiger partial charge on any atom is 0.249 e. The lowest BCUT2D eigenvalue weighted by atomic mass is 9.73. The first-order valence-corrected chi connectivity index (χ1v) is 11.2. The molecule has 0 radical (unpaired) electrons. The summed E-state index contributed by atoms with van der Waals surface area (Å²) in [5.74, 6) is -0.261. The largest absolute Gasteiger partial charge is 0.381 e. The van der Waals surface area contributed by atoms with Gasteiger partial charge in [-0.3, -0.25) is 9.59 Å². The number of rotatable bonds is 6. The van der Waals surface area contributed by atoms with Gasteiger partial charge in [0.15, 0.2) is 0 Å². The minimum Gasteiger partial charge on any atom is -0.381 e. The Hall–Kier alpha value is -3.04. The number of carbonyl (C=O) groups is 2. The Labute approximate surface area is 194 Å². The van der Waals surface area contributed by atoms with E-state index in [-0.39, 0.29) is 11.8 Å². The van der Waals surface area contributed by atoms with Crippen molar-refractivity contribution in [3.8, 4) is 0 Å². The minimum atomic E-state index is -0.640. The number of ether oxygens (including phenoxy) is 1. The molecule has 32 heavy (non-hydrogen) atoms. The predicted octanol–water partition coefficient (Wildman–Crippen LogP) is 3.93. The molecule has 1 atom stereocenters. The van der Waals surface area contributed by atoms with Crippen molar-refractivity contribution in [1.29, 1.82) is 0 Å². The summed E-state index contributed by atoms with van der Waals surface area (Å²) < 4.78 is 7.99. The highest BCUT2D eigenvalue weighted by Gasteiger charge is 2.41. The maximum absolute atomic E-state index is 13.4. The van der Waals surface area contributed by atoms with Crippen LogP contribution < -0.4 is 10.6 Å². The number of hydrogen-bond donors (Lipinski definition) is 2. The van der Waals surface area contributed by atoms with E-state index in [1.165, 1.54) is 17.3 Å². The summed E-state index contributed by atoms with van der Waals surface area (Å²) in [5, 5.41) is 9.89. The van der Waals surface area contributed by atoms with E-state index >= 15 is 0 Å². The van der Waals surface area contributed by atoms with Crippen LogP contribution in [0.3, 0.4) is 0 Å². The van der Waals surface area contributed by atoms with E-state index in [2.05, 4.69) is 36.6 Å². The number of aromatic nitrogens is 3. The number of halogens is 1. The van der Waals surface area contributed by atoms with Gasteiger partial charge in [0.2, 0.25) is 11.8 Å². The summed E-state index contributed by atoms with van der Waals surface area (Å²) in [6, 6.07) is 14.5. The fraction of sp³-hybridized carbons (Fsp3) is 0.304. The average Bonchev–Trinajstić information content (AvgIpc) is 3.35. The predicted molar refractivity (Wildman–Crippen MR) is 124 cm³/mol. The van der Waals surface area contributed by atoms with Gasteiger partial charge in [0, 0.05) is 29.1 Å². The standard InChI is InChI=1S/C23H24BrN5O3/c1-16(29-15-25-14-26-29)21(30)27-19-6-8-20(9-7-19)28-22(31)23(10-12-32-13-11-23)17-2-4-18(24)5-3-17/h2-9,14-16H,10-13H2,1H3,(H,27,30)(H,28,31). The normalized spacial score (nSPS) is 16.2. The molecule has 0 spiro atoms. The van der Waals surface area contributed by atoms with Gasteiger partial charge in [0.25, 0.3) is 0 Å². The van der Waals surface area contributed by atoms with Gasteiger partial charge in [-0.25, -0.2) is 9.67 Å². The molecule has 0 aliphatic carbocycles. The number of amides is 2. The molecular weight excluding hydrogens is 474 g/mol. The monoisotopic (exact) mass is 497 g/mol. The quantitative estimate of drug-likeness (QED) is 0.537. The van der Waals surface area contributed by atoms with Crippen LogP contribution in [0.2, 0.25) is 0 Å². The summed E-state index contributed by atoms with van der Waals surface area (Å²) in [6.07, 6.45) is 4.13. The van der Waals surface area contributed by atoms with Crippen molar-refractivity contribution >= 4 is 39.1 Å². The highest BCUT2D eigenvalue weighted by molar-refractivity contribution is 9.10. The summed E-state index contributed by atoms with van der Waals surface area (Å²) in [4.78, 5) is 29.7. The molecule has 166 valence electrons. The number of hydrogen-bond acceptors (Lipinski definition) is 5. The van der Waals surface area contributed by atoms with Gasteiger partial charge in [-0.15, -0.1) is 0 Å². The molecule has 2 amide bonds. The number of nitrogens with one attached hydrogen (secondary N) is 2. The molecule has 9 heteroatoms. The second-order valence-electron chi connectivity index (χ2n) is 7.77. The first-order chi connectivity index (χ1) is 15.5. The summed E-state index contributed by atoms with van der Waals surface area (Å²) in [5.41, 5.74) is 1.64. The number of anilines is 2. The zero-order chi connectivity index (χ0) is 22.6. The lowest BCUT2D eigenvalue weighted by molar-refractivity contribution is -0.125. The maximum atomic E-state index is 13.4. The summed E-state index contributed by atoms with van der Waals surface area (Å²) in [6.45, 7) is 2.82. The molecule has 0 saturated carbocycles. The first-order valence-electron chi connectivity index (χ1n) is 10.4. The molecule has 1 unspecified atom stereocenters. The molecule has 1 aromatic heterocycles. The summed E-state index contributed by atoms with van der Waals surface area (Å²) in [7, 11) is 0. The Balaban J connectivity index is 1.45. The molecule has 0 bridgehead atoms. The second kappa shape index (κ2) is 9.62. The van der Waals surface area contributed by atoms with Gasteiger partial charge in [0.05, 0.1) is 5.41 Å². The van der Waals surface area contributed by atoms with Crippen molar-refractivity contribution in [3.05, 3.63) is 71.2 Å². The van der Waals surface area contributed by atoms with Crippen LogP contribution >= 0.6 is 15.9 Å². The summed E-state index contributed by atoms with van der Waals surface area (Å²) >= 11 is 3.46. The zero-order valence-electron chi connectivity index (χ0n) is 17.6. The molecule has 2 aromatic carbocycles. The Morgan fingerprint density at radius 1 is 1.03 bits per heavy atom. The van der Waals surface area contributed by atoms with Gasteiger partial charge in [0.1, 0.15) is 18.7 Å². The van der Waals surface area contributed by atoms with Crippen molar-refractivity contribution in [3.63, 3.8) is 0 Å². The third-order valence-corrected chi connectivity index (χ3v) is 6.33. The third kappa shape index (κ3) is 4.73. The lowest BCUT2D eigenvalue weighted by Gasteiger charge is -2.36. The second-order valence-corrected chi connectivity index (χ2v) is 8.69. The van der Waals surface area contributed by atoms with Gasteiger partial charge >= 0.3 is 0 Å². The highest BCUT2D eigenvalue weighted by Crippen LogP contribution is 2.37. The minimum absolute atomic E-state index is 0.0558. The molecule has 1 aliphatic rings. The van der Waals surface area contributed by atoms with E-state index < -0.39 is 11.5 Å². The van der Waals surface area contributed by atoms with Crippen LogP contribution in [0.15, 0.2) is 65.7 Å². The van der Waals surface area contributed by atoms with Gasteiger partial charge in [-0.1, -0.05) is 28.1 Å². The highest BCUT2D eigenvalue weighted by atomic mass is 79.9. The van der Waals surface area contributed by atoms with E-state index in [4.69, 9.17) is 4.74 Å².